The molecule has 0 aliphatic rings. The summed E-state index contributed by atoms with van der Waals surface area (Å²) in [5.74, 6) is 0.823. The molecular weight excluding hydrogens is 402 g/mol. The molecule has 0 N–H and O–H groups in total. The van der Waals surface area contributed by atoms with Crippen molar-refractivity contribution in [3.8, 4) is 11.5 Å². The van der Waals surface area contributed by atoms with E-state index in [0.29, 0.717) is 6.54 Å². The first-order valence-corrected chi connectivity index (χ1v) is 10.4. The van der Waals surface area contributed by atoms with E-state index in [0.717, 1.165) is 43.5 Å². The van der Waals surface area contributed by atoms with Gasteiger partial charge in [0.05, 0.1) is 24.1 Å². The third-order valence-electron chi connectivity index (χ3n) is 4.60. The van der Waals surface area contributed by atoms with Crippen LogP contribution in [-0.2, 0) is 6.54 Å². The summed E-state index contributed by atoms with van der Waals surface area (Å²) < 4.78 is 8.29. The largest absolute Gasteiger partial charge is 0.454 e. The van der Waals surface area contributed by atoms with E-state index in [1.54, 1.807) is 23.7 Å². The van der Waals surface area contributed by atoms with Crippen LogP contribution in [-0.4, -0.2) is 9.55 Å². The summed E-state index contributed by atoms with van der Waals surface area (Å²) in [4.78, 5) is 9.85. The van der Waals surface area contributed by atoms with Crippen molar-refractivity contribution >= 4 is 39.6 Å². The molecule has 142 valence electrons. The van der Waals surface area contributed by atoms with E-state index in [1.165, 1.54) is 0 Å². The maximum Gasteiger partial charge on any atom is 0.190 e. The van der Waals surface area contributed by atoms with E-state index >= 15 is 0 Å². The first-order chi connectivity index (χ1) is 14.3. The molecule has 0 saturated heterocycles. The Morgan fingerprint density at radius 3 is 2.69 bits per heavy atom. The Hall–Kier alpha value is -3.15. The molecule has 3 aromatic heterocycles. The van der Waals surface area contributed by atoms with Gasteiger partial charge < -0.3 is 8.98 Å². The van der Waals surface area contributed by atoms with Gasteiger partial charge in [0.15, 0.2) is 10.6 Å². The Morgan fingerprint density at radius 2 is 1.90 bits per heavy atom. The molecular formula is C23H16ClN3OS. The highest BCUT2D eigenvalue weighted by molar-refractivity contribution is 7.07. The Labute approximate surface area is 176 Å². The molecule has 3 heterocycles. The van der Waals surface area contributed by atoms with Crippen LogP contribution in [0, 0.1) is 0 Å². The normalized spacial score (nSPS) is 12.0. The van der Waals surface area contributed by atoms with Crippen LogP contribution >= 0.6 is 22.9 Å². The molecule has 5 rings (SSSR count). The standard InChI is InChI=1S/C23H16ClN3OS/c24-18-9-7-16(8-10-18)14-27-20(22-12-17-4-1-2-6-21(17)28-22)15-29-23(27)26-19-5-3-11-25-13-19/h1-13,15H,14H2. The van der Waals surface area contributed by atoms with Gasteiger partial charge in [-0.05, 0) is 42.0 Å². The van der Waals surface area contributed by atoms with E-state index < -0.39 is 0 Å². The van der Waals surface area contributed by atoms with Crippen molar-refractivity contribution in [1.82, 2.24) is 9.55 Å². The molecule has 5 aromatic rings. The first kappa shape index (κ1) is 17.9. The first-order valence-electron chi connectivity index (χ1n) is 9.13. The number of fused-ring (bicyclic) bond motifs is 1. The third kappa shape index (κ3) is 3.75. The van der Waals surface area contributed by atoms with Gasteiger partial charge in [-0.25, -0.2) is 4.99 Å². The molecule has 6 heteroatoms. The fourth-order valence-corrected chi connectivity index (χ4v) is 4.21. The lowest BCUT2D eigenvalue weighted by Crippen LogP contribution is -2.16. The van der Waals surface area contributed by atoms with E-state index in [2.05, 4.69) is 27.1 Å². The molecule has 0 radical (unpaired) electrons. The molecule has 4 nitrogen and oxygen atoms in total. The number of furan rings is 1. The van der Waals surface area contributed by atoms with E-state index in [1.807, 2.05) is 54.6 Å². The van der Waals surface area contributed by atoms with Crippen molar-refractivity contribution in [1.29, 1.82) is 0 Å². The lowest BCUT2D eigenvalue weighted by atomic mass is 10.2. The number of aromatic nitrogens is 2. The average molecular weight is 418 g/mol. The van der Waals surface area contributed by atoms with Crippen LogP contribution < -0.4 is 4.80 Å². The number of thiazole rings is 1. The van der Waals surface area contributed by atoms with Crippen LogP contribution in [0.3, 0.4) is 0 Å². The van der Waals surface area contributed by atoms with Gasteiger partial charge in [0.25, 0.3) is 0 Å². The molecule has 0 fully saturated rings. The second-order valence-corrected chi connectivity index (χ2v) is 7.86. The van der Waals surface area contributed by atoms with Gasteiger partial charge in [-0.3, -0.25) is 4.98 Å². The molecule has 0 saturated carbocycles. The number of nitrogens with zero attached hydrogens (tertiary/aromatic N) is 3. The third-order valence-corrected chi connectivity index (χ3v) is 5.72. The molecule has 2 aromatic carbocycles. The summed E-state index contributed by atoms with van der Waals surface area (Å²) in [6.07, 6.45) is 3.50. The molecule has 0 bridgehead atoms. The smallest absolute Gasteiger partial charge is 0.190 e. The Morgan fingerprint density at radius 1 is 1.03 bits per heavy atom. The second-order valence-electron chi connectivity index (χ2n) is 6.59. The van der Waals surface area contributed by atoms with Crippen LogP contribution in [0.2, 0.25) is 5.02 Å². The van der Waals surface area contributed by atoms with Crippen LogP contribution in [0.15, 0.2) is 93.9 Å². The van der Waals surface area contributed by atoms with Crippen LogP contribution in [0.4, 0.5) is 5.69 Å². The molecule has 0 amide bonds. The number of halogens is 1. The molecule has 0 aliphatic carbocycles. The Kier molecular flexibility index (Phi) is 4.76. The number of hydrogen-bond acceptors (Lipinski definition) is 4. The van der Waals surface area contributed by atoms with E-state index in [9.17, 15) is 0 Å². The van der Waals surface area contributed by atoms with Crippen LogP contribution in [0.5, 0.6) is 0 Å². The minimum Gasteiger partial charge on any atom is -0.454 e. The lowest BCUT2D eigenvalue weighted by molar-refractivity contribution is 0.618. The fraction of sp³-hybridized carbons (Fsp3) is 0.0435. The number of pyridine rings is 1. The van der Waals surface area contributed by atoms with Crippen molar-refractivity contribution in [3.63, 3.8) is 0 Å². The molecule has 29 heavy (non-hydrogen) atoms. The molecule has 0 aliphatic heterocycles. The highest BCUT2D eigenvalue weighted by Gasteiger charge is 2.13. The number of para-hydroxylation sites is 1. The topological polar surface area (TPSA) is 43.3 Å². The fourth-order valence-electron chi connectivity index (χ4n) is 3.18. The summed E-state index contributed by atoms with van der Waals surface area (Å²) in [5.41, 5.74) is 3.81. The zero-order valence-corrected chi connectivity index (χ0v) is 16.9. The van der Waals surface area contributed by atoms with Gasteiger partial charge >= 0.3 is 0 Å². The van der Waals surface area contributed by atoms with Gasteiger partial charge in [-0.1, -0.05) is 41.9 Å². The van der Waals surface area contributed by atoms with Gasteiger partial charge in [-0.2, -0.15) is 0 Å². The SMILES string of the molecule is Clc1ccc(Cn2c(-c3cc4ccccc4o3)csc2=Nc2cccnc2)cc1. The van der Waals surface area contributed by atoms with Gasteiger partial charge in [0.2, 0.25) is 0 Å². The second kappa shape index (κ2) is 7.70. The maximum atomic E-state index is 6.13. The van der Waals surface area contributed by atoms with Crippen LogP contribution in [0.25, 0.3) is 22.4 Å². The van der Waals surface area contributed by atoms with Crippen LogP contribution in [0.1, 0.15) is 5.56 Å². The molecule has 0 unspecified atom stereocenters. The summed E-state index contributed by atoms with van der Waals surface area (Å²) in [5, 5.41) is 3.89. The average Bonchev–Trinajstić information content (AvgIpc) is 3.34. The molecule has 0 atom stereocenters. The summed E-state index contributed by atoms with van der Waals surface area (Å²) in [6, 6.07) is 21.8. The van der Waals surface area contributed by atoms with Crippen molar-refractivity contribution in [2.24, 2.45) is 4.99 Å². The minimum absolute atomic E-state index is 0.659. The predicted molar refractivity (Wildman–Crippen MR) is 118 cm³/mol. The van der Waals surface area contributed by atoms with Crippen molar-refractivity contribution in [3.05, 3.63) is 99.9 Å². The number of rotatable bonds is 4. The maximum absolute atomic E-state index is 6.13. The van der Waals surface area contributed by atoms with E-state index in [-0.39, 0.29) is 0 Å². The summed E-state index contributed by atoms with van der Waals surface area (Å²) in [6.45, 7) is 0.659. The van der Waals surface area contributed by atoms with Crippen molar-refractivity contribution in [2.45, 2.75) is 6.54 Å². The van der Waals surface area contributed by atoms with Crippen molar-refractivity contribution in [2.75, 3.05) is 0 Å². The van der Waals surface area contributed by atoms with Gasteiger partial charge in [0, 0.05) is 22.0 Å². The Balaban J connectivity index is 1.66. The van der Waals surface area contributed by atoms with E-state index in [4.69, 9.17) is 21.0 Å². The highest BCUT2D eigenvalue weighted by atomic mass is 35.5. The monoisotopic (exact) mass is 417 g/mol. The van der Waals surface area contributed by atoms with Gasteiger partial charge in [0.1, 0.15) is 5.58 Å². The van der Waals surface area contributed by atoms with Gasteiger partial charge in [-0.15, -0.1) is 11.3 Å². The highest BCUT2D eigenvalue weighted by Crippen LogP contribution is 2.29. The number of hydrogen-bond donors (Lipinski definition) is 0. The zero-order chi connectivity index (χ0) is 19.6. The zero-order valence-electron chi connectivity index (χ0n) is 15.3. The predicted octanol–water partition coefficient (Wildman–Crippen LogP) is 6.29. The Bertz CT molecular complexity index is 1300. The summed E-state index contributed by atoms with van der Waals surface area (Å²) >= 11 is 7.64. The number of benzene rings is 2. The minimum atomic E-state index is 0.659. The quantitative estimate of drug-likeness (QED) is 0.344. The summed E-state index contributed by atoms with van der Waals surface area (Å²) in [7, 11) is 0. The lowest BCUT2D eigenvalue weighted by Gasteiger charge is -2.08. The van der Waals surface area contributed by atoms with Crippen molar-refractivity contribution < 1.29 is 4.42 Å². The molecule has 0 spiro atoms.